The Labute approximate surface area is 140 Å². The van der Waals surface area contributed by atoms with Crippen LogP contribution in [0.5, 0.6) is 0 Å². The lowest BCUT2D eigenvalue weighted by Crippen LogP contribution is -2.36. The second-order valence-electron chi connectivity index (χ2n) is 7.22. The number of hydrogen-bond donors (Lipinski definition) is 2. The van der Waals surface area contributed by atoms with E-state index in [4.69, 9.17) is 0 Å². The first-order valence-electron chi connectivity index (χ1n) is 9.05. The zero-order valence-corrected chi connectivity index (χ0v) is 14.5. The maximum atomic E-state index is 12.4. The molecular formula is C20H31NO2. The largest absolute Gasteiger partial charge is 0.396 e. The molecular weight excluding hydrogens is 286 g/mol. The van der Waals surface area contributed by atoms with Crippen LogP contribution in [-0.2, 0) is 4.79 Å². The molecule has 0 heterocycles. The molecule has 1 aliphatic carbocycles. The number of carbonyl (C=O) groups excluding carboxylic acids is 1. The molecule has 1 aliphatic rings. The lowest BCUT2D eigenvalue weighted by Gasteiger charge is -2.30. The molecule has 1 aromatic rings. The van der Waals surface area contributed by atoms with Crippen molar-refractivity contribution >= 4 is 5.91 Å². The van der Waals surface area contributed by atoms with E-state index < -0.39 is 0 Å². The van der Waals surface area contributed by atoms with Gasteiger partial charge in [-0.25, -0.2) is 0 Å². The van der Waals surface area contributed by atoms with Crippen molar-refractivity contribution in [3.05, 3.63) is 35.9 Å². The van der Waals surface area contributed by atoms with Gasteiger partial charge in [0.05, 0.1) is 0 Å². The Morgan fingerprint density at radius 1 is 1.17 bits per heavy atom. The van der Waals surface area contributed by atoms with Crippen LogP contribution in [0.3, 0.4) is 0 Å². The first-order chi connectivity index (χ1) is 11.1. The lowest BCUT2D eigenvalue weighted by molar-refractivity contribution is -0.126. The maximum absolute atomic E-state index is 12.4. The minimum absolute atomic E-state index is 0.148. The van der Waals surface area contributed by atoms with Crippen LogP contribution < -0.4 is 5.32 Å². The van der Waals surface area contributed by atoms with Gasteiger partial charge in [0.25, 0.3) is 0 Å². The highest BCUT2D eigenvalue weighted by Gasteiger charge is 2.27. The van der Waals surface area contributed by atoms with Crippen LogP contribution in [0, 0.1) is 17.8 Å². The normalized spacial score (nSPS) is 22.8. The topological polar surface area (TPSA) is 49.3 Å². The van der Waals surface area contributed by atoms with E-state index in [0.717, 1.165) is 24.7 Å². The molecule has 0 saturated heterocycles. The third-order valence-corrected chi connectivity index (χ3v) is 5.36. The minimum atomic E-state index is 0.148. The molecule has 0 bridgehead atoms. The Bertz CT molecular complexity index is 464. The van der Waals surface area contributed by atoms with Gasteiger partial charge in [-0.05, 0) is 49.5 Å². The van der Waals surface area contributed by atoms with E-state index in [-0.39, 0.29) is 24.3 Å². The number of nitrogens with one attached hydrogen (secondary N) is 1. The maximum Gasteiger partial charge on any atom is 0.223 e. The van der Waals surface area contributed by atoms with Gasteiger partial charge in [0.15, 0.2) is 0 Å². The molecule has 2 N–H and O–H groups in total. The van der Waals surface area contributed by atoms with Gasteiger partial charge < -0.3 is 10.4 Å². The third-order valence-electron chi connectivity index (χ3n) is 5.36. The zero-order chi connectivity index (χ0) is 16.7. The third kappa shape index (κ3) is 5.35. The average Bonchev–Trinajstić information content (AvgIpc) is 2.59. The molecule has 1 saturated carbocycles. The number of aliphatic hydroxyl groups is 1. The monoisotopic (exact) mass is 317 g/mol. The van der Waals surface area contributed by atoms with Crippen LogP contribution in [0.4, 0.5) is 0 Å². The second kappa shape index (κ2) is 9.07. The summed E-state index contributed by atoms with van der Waals surface area (Å²) in [6, 6.07) is 10.1. The predicted molar refractivity (Wildman–Crippen MR) is 94.2 cm³/mol. The van der Waals surface area contributed by atoms with Crippen molar-refractivity contribution in [3.63, 3.8) is 0 Å². The van der Waals surface area contributed by atoms with Crippen molar-refractivity contribution in [3.8, 4) is 0 Å². The molecule has 2 rings (SSSR count). The van der Waals surface area contributed by atoms with Crippen molar-refractivity contribution in [1.29, 1.82) is 0 Å². The van der Waals surface area contributed by atoms with Gasteiger partial charge in [0, 0.05) is 25.0 Å². The minimum Gasteiger partial charge on any atom is -0.396 e. The van der Waals surface area contributed by atoms with E-state index in [2.05, 4.69) is 31.3 Å². The van der Waals surface area contributed by atoms with E-state index in [9.17, 15) is 9.90 Å². The van der Waals surface area contributed by atoms with Gasteiger partial charge in [-0.15, -0.1) is 0 Å². The summed E-state index contributed by atoms with van der Waals surface area (Å²) >= 11 is 0. The van der Waals surface area contributed by atoms with E-state index >= 15 is 0 Å². The number of carbonyl (C=O) groups is 1. The Balaban J connectivity index is 1.83. The SMILES string of the molecule is CC(C)C1CCC(C(=O)NCC(CCO)c2ccccc2)CC1. The summed E-state index contributed by atoms with van der Waals surface area (Å²) in [5.41, 5.74) is 1.19. The van der Waals surface area contributed by atoms with Crippen molar-refractivity contribution in [2.24, 2.45) is 17.8 Å². The molecule has 0 aliphatic heterocycles. The highest BCUT2D eigenvalue weighted by molar-refractivity contribution is 5.78. The average molecular weight is 317 g/mol. The number of amides is 1. The molecule has 0 spiro atoms. The molecule has 3 heteroatoms. The van der Waals surface area contributed by atoms with Crippen molar-refractivity contribution in [2.45, 2.75) is 51.9 Å². The van der Waals surface area contributed by atoms with E-state index in [1.165, 1.54) is 18.4 Å². The summed E-state index contributed by atoms with van der Waals surface area (Å²) < 4.78 is 0. The van der Waals surface area contributed by atoms with Crippen LogP contribution in [0.15, 0.2) is 30.3 Å². The van der Waals surface area contributed by atoms with E-state index in [1.807, 2.05) is 18.2 Å². The molecule has 1 atom stereocenters. The highest BCUT2D eigenvalue weighted by atomic mass is 16.3. The quantitative estimate of drug-likeness (QED) is 0.805. The Morgan fingerprint density at radius 2 is 1.83 bits per heavy atom. The fraction of sp³-hybridized carbons (Fsp3) is 0.650. The van der Waals surface area contributed by atoms with Crippen LogP contribution in [0.25, 0.3) is 0 Å². The zero-order valence-electron chi connectivity index (χ0n) is 14.5. The summed E-state index contributed by atoms with van der Waals surface area (Å²) in [6.45, 7) is 5.33. The van der Waals surface area contributed by atoms with Crippen molar-refractivity contribution in [2.75, 3.05) is 13.2 Å². The fourth-order valence-electron chi connectivity index (χ4n) is 3.68. The van der Waals surface area contributed by atoms with Crippen molar-refractivity contribution in [1.82, 2.24) is 5.32 Å². The molecule has 128 valence electrons. The van der Waals surface area contributed by atoms with Crippen molar-refractivity contribution < 1.29 is 9.90 Å². The first-order valence-corrected chi connectivity index (χ1v) is 9.05. The highest BCUT2D eigenvalue weighted by Crippen LogP contribution is 2.33. The molecule has 0 radical (unpaired) electrons. The molecule has 1 amide bonds. The van der Waals surface area contributed by atoms with Crippen LogP contribution >= 0.6 is 0 Å². The second-order valence-corrected chi connectivity index (χ2v) is 7.22. The lowest BCUT2D eigenvalue weighted by atomic mass is 9.76. The molecule has 23 heavy (non-hydrogen) atoms. The van der Waals surface area contributed by atoms with Crippen LogP contribution in [0.2, 0.25) is 0 Å². The predicted octanol–water partition coefficient (Wildman–Crippen LogP) is 3.73. The Kier molecular flexibility index (Phi) is 7.10. The molecule has 3 nitrogen and oxygen atoms in total. The van der Waals surface area contributed by atoms with Gasteiger partial charge in [-0.2, -0.15) is 0 Å². The summed E-state index contributed by atoms with van der Waals surface area (Å²) in [4.78, 5) is 12.4. The molecule has 1 unspecified atom stereocenters. The van der Waals surface area contributed by atoms with Gasteiger partial charge in [-0.3, -0.25) is 4.79 Å². The smallest absolute Gasteiger partial charge is 0.223 e. The Morgan fingerprint density at radius 3 is 2.39 bits per heavy atom. The summed E-state index contributed by atoms with van der Waals surface area (Å²) in [6.07, 6.45) is 5.07. The van der Waals surface area contributed by atoms with E-state index in [1.54, 1.807) is 0 Å². The molecule has 1 fully saturated rings. The van der Waals surface area contributed by atoms with Crippen LogP contribution in [0.1, 0.15) is 57.4 Å². The van der Waals surface area contributed by atoms with Crippen LogP contribution in [-0.4, -0.2) is 24.2 Å². The first kappa shape index (κ1) is 18.0. The van der Waals surface area contributed by atoms with Gasteiger partial charge in [0.1, 0.15) is 0 Å². The number of aliphatic hydroxyl groups excluding tert-OH is 1. The van der Waals surface area contributed by atoms with Gasteiger partial charge in [0.2, 0.25) is 5.91 Å². The Hall–Kier alpha value is -1.35. The molecule has 1 aromatic carbocycles. The van der Waals surface area contributed by atoms with Gasteiger partial charge >= 0.3 is 0 Å². The summed E-state index contributed by atoms with van der Waals surface area (Å²) in [5.74, 6) is 2.08. The molecule has 0 aromatic heterocycles. The summed E-state index contributed by atoms with van der Waals surface area (Å²) in [7, 11) is 0. The van der Waals surface area contributed by atoms with Gasteiger partial charge in [-0.1, -0.05) is 44.2 Å². The number of benzene rings is 1. The number of rotatable bonds is 7. The fourth-order valence-corrected chi connectivity index (χ4v) is 3.68. The standard InChI is InChI=1S/C20H31NO2/c1-15(2)16-8-10-18(11-9-16)20(23)21-14-19(12-13-22)17-6-4-3-5-7-17/h3-7,15-16,18-19,22H,8-14H2,1-2H3,(H,21,23). The van der Waals surface area contributed by atoms with E-state index in [0.29, 0.717) is 13.0 Å². The number of hydrogen-bond acceptors (Lipinski definition) is 2. The summed E-state index contributed by atoms with van der Waals surface area (Å²) in [5, 5.41) is 12.4.